The van der Waals surface area contributed by atoms with E-state index in [4.69, 9.17) is 11.6 Å². The van der Waals surface area contributed by atoms with E-state index in [0.29, 0.717) is 5.92 Å². The van der Waals surface area contributed by atoms with Crippen LogP contribution in [0.15, 0.2) is 36.5 Å². The highest BCUT2D eigenvalue weighted by atomic mass is 35.5. The molecule has 0 amide bonds. The SMILES string of the molecule is CC(C)CNC/C=C/c1ccc(Cl)c2cccnc12. The summed E-state index contributed by atoms with van der Waals surface area (Å²) in [6, 6.07) is 7.84. The number of benzene rings is 1. The van der Waals surface area contributed by atoms with Crippen molar-refractivity contribution in [3.05, 3.63) is 47.1 Å². The lowest BCUT2D eigenvalue weighted by atomic mass is 10.1. The standard InChI is InChI=1S/C16H19ClN2/c1-12(2)11-18-9-3-5-13-7-8-15(17)14-6-4-10-19-16(13)14/h3-8,10,12,18H,9,11H2,1-2H3/b5-3+. The first kappa shape index (κ1) is 14.0. The van der Waals surface area contributed by atoms with Crippen molar-refractivity contribution in [3.8, 4) is 0 Å². The molecule has 0 radical (unpaired) electrons. The summed E-state index contributed by atoms with van der Waals surface area (Å²) < 4.78 is 0. The highest BCUT2D eigenvalue weighted by Crippen LogP contribution is 2.25. The molecule has 1 aromatic carbocycles. The lowest BCUT2D eigenvalue weighted by Crippen LogP contribution is -2.19. The average molecular weight is 275 g/mol. The number of pyridine rings is 1. The van der Waals surface area contributed by atoms with Gasteiger partial charge in [-0.2, -0.15) is 0 Å². The minimum atomic E-state index is 0.673. The van der Waals surface area contributed by atoms with Crippen molar-refractivity contribution in [1.29, 1.82) is 0 Å². The van der Waals surface area contributed by atoms with Crippen molar-refractivity contribution in [3.63, 3.8) is 0 Å². The summed E-state index contributed by atoms with van der Waals surface area (Å²) >= 11 is 6.17. The van der Waals surface area contributed by atoms with Crippen LogP contribution in [0.25, 0.3) is 17.0 Å². The molecule has 2 nitrogen and oxygen atoms in total. The molecule has 1 N–H and O–H groups in total. The first-order valence-electron chi connectivity index (χ1n) is 6.59. The molecule has 0 spiro atoms. The predicted octanol–water partition coefficient (Wildman–Crippen LogP) is 4.15. The normalized spacial score (nSPS) is 11.8. The van der Waals surface area contributed by atoms with Gasteiger partial charge in [-0.05, 0) is 30.7 Å². The molecule has 0 saturated carbocycles. The molecule has 0 aliphatic rings. The Balaban J connectivity index is 2.13. The van der Waals surface area contributed by atoms with Gasteiger partial charge in [0.15, 0.2) is 0 Å². The maximum Gasteiger partial charge on any atom is 0.0789 e. The molecule has 0 atom stereocenters. The topological polar surface area (TPSA) is 24.9 Å². The van der Waals surface area contributed by atoms with E-state index in [1.165, 1.54) is 0 Å². The molecule has 0 unspecified atom stereocenters. The van der Waals surface area contributed by atoms with Crippen LogP contribution in [0, 0.1) is 5.92 Å². The first-order chi connectivity index (χ1) is 9.18. The number of hydrogen-bond donors (Lipinski definition) is 1. The van der Waals surface area contributed by atoms with Crippen LogP contribution in [0.2, 0.25) is 5.02 Å². The molecule has 0 bridgehead atoms. The van der Waals surface area contributed by atoms with E-state index < -0.39 is 0 Å². The fourth-order valence-electron chi connectivity index (χ4n) is 1.94. The highest BCUT2D eigenvalue weighted by Gasteiger charge is 2.02. The van der Waals surface area contributed by atoms with Crippen molar-refractivity contribution < 1.29 is 0 Å². The van der Waals surface area contributed by atoms with Gasteiger partial charge in [0, 0.05) is 23.7 Å². The summed E-state index contributed by atoms with van der Waals surface area (Å²) in [4.78, 5) is 4.41. The molecule has 19 heavy (non-hydrogen) atoms. The molecule has 3 heteroatoms. The van der Waals surface area contributed by atoms with Crippen LogP contribution < -0.4 is 5.32 Å². The van der Waals surface area contributed by atoms with Gasteiger partial charge in [-0.25, -0.2) is 0 Å². The van der Waals surface area contributed by atoms with Gasteiger partial charge in [0.25, 0.3) is 0 Å². The Hall–Kier alpha value is -1.38. The van der Waals surface area contributed by atoms with Crippen molar-refractivity contribution in [2.75, 3.05) is 13.1 Å². The Bertz CT molecular complexity index is 576. The number of nitrogens with zero attached hydrogens (tertiary/aromatic N) is 1. The van der Waals surface area contributed by atoms with Gasteiger partial charge in [-0.3, -0.25) is 4.98 Å². The average Bonchev–Trinajstić information content (AvgIpc) is 2.41. The second-order valence-corrected chi connectivity index (χ2v) is 5.40. The molecule has 0 fully saturated rings. The molecular formula is C16H19ClN2. The van der Waals surface area contributed by atoms with Crippen LogP contribution >= 0.6 is 11.6 Å². The zero-order chi connectivity index (χ0) is 13.7. The number of aromatic nitrogens is 1. The fraction of sp³-hybridized carbons (Fsp3) is 0.312. The zero-order valence-corrected chi connectivity index (χ0v) is 12.1. The van der Waals surface area contributed by atoms with Crippen LogP contribution in [0.1, 0.15) is 19.4 Å². The summed E-state index contributed by atoms with van der Waals surface area (Å²) in [5.74, 6) is 0.673. The molecule has 1 aromatic heterocycles. The molecule has 0 saturated heterocycles. The van der Waals surface area contributed by atoms with E-state index in [1.807, 2.05) is 24.3 Å². The number of fused-ring (bicyclic) bond motifs is 1. The van der Waals surface area contributed by atoms with Crippen LogP contribution in [0.4, 0.5) is 0 Å². The van der Waals surface area contributed by atoms with Gasteiger partial charge in [0.05, 0.1) is 10.5 Å². The highest BCUT2D eigenvalue weighted by molar-refractivity contribution is 6.35. The lowest BCUT2D eigenvalue weighted by Gasteiger charge is -2.05. The minimum absolute atomic E-state index is 0.673. The maximum absolute atomic E-state index is 6.17. The largest absolute Gasteiger partial charge is 0.313 e. The summed E-state index contributed by atoms with van der Waals surface area (Å²) in [6.45, 7) is 6.31. The minimum Gasteiger partial charge on any atom is -0.313 e. The van der Waals surface area contributed by atoms with Crippen molar-refractivity contribution in [2.45, 2.75) is 13.8 Å². The number of nitrogens with one attached hydrogen (secondary N) is 1. The third-order valence-electron chi connectivity index (χ3n) is 2.86. The van der Waals surface area contributed by atoms with E-state index in [1.54, 1.807) is 6.20 Å². The number of halogens is 1. The summed E-state index contributed by atoms with van der Waals surface area (Å²) in [7, 11) is 0. The molecule has 2 aromatic rings. The van der Waals surface area contributed by atoms with E-state index in [2.05, 4.69) is 36.3 Å². The van der Waals surface area contributed by atoms with Crippen LogP contribution in [0.5, 0.6) is 0 Å². The van der Waals surface area contributed by atoms with Gasteiger partial charge < -0.3 is 5.32 Å². The van der Waals surface area contributed by atoms with Crippen LogP contribution in [-0.2, 0) is 0 Å². The molecule has 0 aliphatic heterocycles. The molecular weight excluding hydrogens is 256 g/mol. The van der Waals surface area contributed by atoms with Crippen LogP contribution in [-0.4, -0.2) is 18.1 Å². The van der Waals surface area contributed by atoms with E-state index in [0.717, 1.165) is 34.6 Å². The van der Waals surface area contributed by atoms with E-state index in [-0.39, 0.29) is 0 Å². The fourth-order valence-corrected chi connectivity index (χ4v) is 2.15. The second-order valence-electron chi connectivity index (χ2n) is 4.99. The number of hydrogen-bond acceptors (Lipinski definition) is 2. The van der Waals surface area contributed by atoms with Gasteiger partial charge in [0.2, 0.25) is 0 Å². The number of rotatable bonds is 5. The van der Waals surface area contributed by atoms with Crippen molar-refractivity contribution >= 4 is 28.6 Å². The Morgan fingerprint density at radius 3 is 2.95 bits per heavy atom. The molecule has 1 heterocycles. The smallest absolute Gasteiger partial charge is 0.0789 e. The van der Waals surface area contributed by atoms with E-state index in [9.17, 15) is 0 Å². The summed E-state index contributed by atoms with van der Waals surface area (Å²) in [5, 5.41) is 5.13. The monoisotopic (exact) mass is 274 g/mol. The Morgan fingerprint density at radius 2 is 2.16 bits per heavy atom. The summed E-state index contributed by atoms with van der Waals surface area (Å²) in [6.07, 6.45) is 6.02. The lowest BCUT2D eigenvalue weighted by molar-refractivity contribution is 0.577. The van der Waals surface area contributed by atoms with Gasteiger partial charge in [-0.1, -0.05) is 43.7 Å². The Kier molecular flexibility index (Phi) is 4.94. The molecule has 100 valence electrons. The summed E-state index contributed by atoms with van der Waals surface area (Å²) in [5.41, 5.74) is 2.06. The van der Waals surface area contributed by atoms with Crippen molar-refractivity contribution in [1.82, 2.24) is 10.3 Å². The Morgan fingerprint density at radius 1 is 1.32 bits per heavy atom. The second kappa shape index (κ2) is 6.69. The third-order valence-corrected chi connectivity index (χ3v) is 3.19. The van der Waals surface area contributed by atoms with Crippen LogP contribution in [0.3, 0.4) is 0 Å². The molecule has 0 aliphatic carbocycles. The van der Waals surface area contributed by atoms with Gasteiger partial charge in [0.1, 0.15) is 0 Å². The molecule has 2 rings (SSSR count). The predicted molar refractivity (Wildman–Crippen MR) is 83.5 cm³/mol. The third kappa shape index (κ3) is 3.79. The van der Waals surface area contributed by atoms with Gasteiger partial charge in [-0.15, -0.1) is 0 Å². The zero-order valence-electron chi connectivity index (χ0n) is 11.4. The Labute approximate surface area is 119 Å². The van der Waals surface area contributed by atoms with Crippen molar-refractivity contribution in [2.24, 2.45) is 5.92 Å². The first-order valence-corrected chi connectivity index (χ1v) is 6.97. The van der Waals surface area contributed by atoms with E-state index >= 15 is 0 Å². The quantitative estimate of drug-likeness (QED) is 0.829. The maximum atomic E-state index is 6.17. The van der Waals surface area contributed by atoms with Gasteiger partial charge >= 0.3 is 0 Å².